The van der Waals surface area contributed by atoms with E-state index in [9.17, 15) is 14.7 Å². The summed E-state index contributed by atoms with van der Waals surface area (Å²) in [7, 11) is 4.45. The minimum atomic E-state index is -0.591. The first-order chi connectivity index (χ1) is 14.4. The Balaban J connectivity index is 1.95. The van der Waals surface area contributed by atoms with Gasteiger partial charge in [-0.1, -0.05) is 30.3 Å². The number of aromatic hydroxyl groups is 1. The highest BCUT2D eigenvalue weighted by molar-refractivity contribution is 7.99. The minimum Gasteiger partial charge on any atom is -0.496 e. The maximum atomic E-state index is 12.9. The number of para-hydroxylation sites is 2. The monoisotopic (exact) mass is 423 g/mol. The smallest absolute Gasteiger partial charge is 0.333 e. The van der Waals surface area contributed by atoms with Crippen molar-refractivity contribution >= 4 is 23.2 Å². The number of benzene rings is 2. The van der Waals surface area contributed by atoms with Gasteiger partial charge in [-0.2, -0.15) is 0 Å². The van der Waals surface area contributed by atoms with Crippen molar-refractivity contribution in [2.24, 2.45) is 19.1 Å². The van der Waals surface area contributed by atoms with Gasteiger partial charge in [0.25, 0.3) is 5.56 Å². The van der Waals surface area contributed by atoms with E-state index >= 15 is 0 Å². The summed E-state index contributed by atoms with van der Waals surface area (Å²) < 4.78 is 7.60. The average molecular weight is 423 g/mol. The number of aromatic nitrogens is 2. The first-order valence-corrected chi connectivity index (χ1v) is 10.3. The predicted molar refractivity (Wildman–Crippen MR) is 117 cm³/mol. The summed E-state index contributed by atoms with van der Waals surface area (Å²) in [5.74, 6) is 0.358. The Labute approximate surface area is 177 Å². The van der Waals surface area contributed by atoms with Gasteiger partial charge in [0.1, 0.15) is 11.3 Å². The van der Waals surface area contributed by atoms with Crippen LogP contribution in [0.1, 0.15) is 22.8 Å². The number of fused-ring (bicyclic) bond motifs is 1. The second-order valence-corrected chi connectivity index (χ2v) is 8.23. The third-order valence-corrected chi connectivity index (χ3v) is 6.48. The fourth-order valence-corrected chi connectivity index (χ4v) is 4.82. The lowest BCUT2D eigenvalue weighted by Crippen LogP contribution is -2.40. The molecule has 2 heterocycles. The highest BCUT2D eigenvalue weighted by Crippen LogP contribution is 2.47. The summed E-state index contributed by atoms with van der Waals surface area (Å²) in [6.07, 6.45) is 0.376. The molecule has 1 aliphatic heterocycles. The molecule has 0 spiro atoms. The van der Waals surface area contributed by atoms with E-state index in [2.05, 4.69) is 0 Å². The average Bonchev–Trinajstić information content (AvgIpc) is 2.96. The molecular weight excluding hydrogens is 402 g/mol. The molecule has 0 bridgehead atoms. The highest BCUT2D eigenvalue weighted by atomic mass is 32.2. The molecule has 2 aromatic carbocycles. The van der Waals surface area contributed by atoms with Gasteiger partial charge in [-0.15, -0.1) is 11.8 Å². The molecule has 0 amide bonds. The van der Waals surface area contributed by atoms with Crippen LogP contribution in [0.5, 0.6) is 11.6 Å². The number of hydrogen-bond donors (Lipinski definition) is 1. The van der Waals surface area contributed by atoms with Gasteiger partial charge in [0.2, 0.25) is 5.88 Å². The van der Waals surface area contributed by atoms with Crippen molar-refractivity contribution in [1.29, 1.82) is 0 Å². The molecule has 1 aliphatic rings. The summed E-state index contributed by atoms with van der Waals surface area (Å²) in [5.41, 5.74) is 0.985. The lowest BCUT2D eigenvalue weighted by atomic mass is 10.0. The standard InChI is InChI=1S/C22H21N3O4S/c1-24-20(26)19(21(27)25(2)22(24)28)15-12-18(13-8-4-6-10-16(13)29-3)30-17-11-7-5-9-14(17)23-15/h4-11,18,26H,12H2,1-3H3/t18-/m0/s1. The lowest BCUT2D eigenvalue weighted by Gasteiger charge is -2.19. The molecule has 0 aliphatic carbocycles. The first-order valence-electron chi connectivity index (χ1n) is 9.38. The summed E-state index contributed by atoms with van der Waals surface area (Å²) in [4.78, 5) is 30.8. The summed E-state index contributed by atoms with van der Waals surface area (Å²) in [6, 6.07) is 15.4. The summed E-state index contributed by atoms with van der Waals surface area (Å²) >= 11 is 1.63. The van der Waals surface area contributed by atoms with Gasteiger partial charge in [-0.3, -0.25) is 18.9 Å². The Morgan fingerprint density at radius 3 is 2.53 bits per heavy atom. The third kappa shape index (κ3) is 3.33. The van der Waals surface area contributed by atoms with E-state index in [4.69, 9.17) is 9.73 Å². The predicted octanol–water partition coefficient (Wildman–Crippen LogP) is 3.16. The zero-order valence-corrected chi connectivity index (χ0v) is 17.6. The van der Waals surface area contributed by atoms with Crippen molar-refractivity contribution < 1.29 is 9.84 Å². The molecule has 0 unspecified atom stereocenters. The number of ether oxygens (including phenoxy) is 1. The Bertz CT molecular complexity index is 1280. The molecule has 1 atom stereocenters. The molecule has 0 saturated heterocycles. The topological polar surface area (TPSA) is 85.8 Å². The highest BCUT2D eigenvalue weighted by Gasteiger charge is 2.28. The van der Waals surface area contributed by atoms with Crippen LogP contribution in [0.2, 0.25) is 0 Å². The molecule has 8 heteroatoms. The molecule has 1 N–H and O–H groups in total. The molecule has 0 radical (unpaired) electrons. The van der Waals surface area contributed by atoms with Crippen LogP contribution in [0.25, 0.3) is 0 Å². The molecule has 0 saturated carbocycles. The normalized spacial score (nSPS) is 15.8. The number of thioether (sulfide) groups is 1. The fraction of sp³-hybridized carbons (Fsp3) is 0.227. The molecule has 0 fully saturated rings. The number of aliphatic imine (C=N–C) groups is 1. The molecule has 3 aromatic rings. The minimum absolute atomic E-state index is 0.0387. The van der Waals surface area contributed by atoms with E-state index in [0.717, 1.165) is 25.3 Å². The quantitative estimate of drug-likeness (QED) is 0.699. The van der Waals surface area contributed by atoms with Gasteiger partial charge >= 0.3 is 5.69 Å². The lowest BCUT2D eigenvalue weighted by molar-refractivity contribution is 0.409. The fourth-order valence-electron chi connectivity index (χ4n) is 3.56. The zero-order valence-electron chi connectivity index (χ0n) is 16.8. The number of methoxy groups -OCH3 is 1. The Morgan fingerprint density at radius 2 is 1.77 bits per heavy atom. The van der Waals surface area contributed by atoms with Crippen LogP contribution in [0.3, 0.4) is 0 Å². The SMILES string of the molecule is COc1ccccc1[C@@H]1CC(c2c(O)n(C)c(=O)n(C)c2=O)=Nc2ccccc2S1. The largest absolute Gasteiger partial charge is 0.496 e. The molecule has 154 valence electrons. The maximum absolute atomic E-state index is 12.9. The molecule has 1 aromatic heterocycles. The van der Waals surface area contributed by atoms with E-state index in [1.807, 2.05) is 48.5 Å². The Hall–Kier alpha value is -3.26. The van der Waals surface area contributed by atoms with E-state index in [-0.39, 0.29) is 16.7 Å². The van der Waals surface area contributed by atoms with Crippen LogP contribution in [0.15, 0.2) is 68.0 Å². The second-order valence-electron chi connectivity index (χ2n) is 6.98. The maximum Gasteiger partial charge on any atom is 0.333 e. The van der Waals surface area contributed by atoms with Crippen LogP contribution in [0, 0.1) is 0 Å². The van der Waals surface area contributed by atoms with Gasteiger partial charge in [-0.05, 0) is 18.2 Å². The van der Waals surface area contributed by atoms with Crippen LogP contribution in [0.4, 0.5) is 5.69 Å². The van der Waals surface area contributed by atoms with Gasteiger partial charge in [0.15, 0.2) is 0 Å². The second kappa shape index (κ2) is 7.87. The molecule has 4 rings (SSSR count). The van der Waals surface area contributed by atoms with Crippen molar-refractivity contribution in [2.45, 2.75) is 16.6 Å². The zero-order chi connectivity index (χ0) is 21.4. The Kier molecular flexibility index (Phi) is 5.26. The van der Waals surface area contributed by atoms with E-state index in [1.54, 1.807) is 18.9 Å². The van der Waals surface area contributed by atoms with Crippen molar-refractivity contribution in [3.05, 3.63) is 80.5 Å². The van der Waals surface area contributed by atoms with Gasteiger partial charge in [-0.25, -0.2) is 4.79 Å². The number of hydrogen-bond acceptors (Lipinski definition) is 6. The molecular formula is C22H21N3O4S. The number of nitrogens with zero attached hydrogens (tertiary/aromatic N) is 3. The summed E-state index contributed by atoms with van der Waals surface area (Å²) in [5, 5.41) is 10.6. The third-order valence-electron chi connectivity index (χ3n) is 5.18. The van der Waals surface area contributed by atoms with Gasteiger partial charge in [0, 0.05) is 36.2 Å². The van der Waals surface area contributed by atoms with E-state index < -0.39 is 11.2 Å². The number of rotatable bonds is 3. The van der Waals surface area contributed by atoms with Crippen molar-refractivity contribution in [1.82, 2.24) is 9.13 Å². The van der Waals surface area contributed by atoms with E-state index in [0.29, 0.717) is 17.8 Å². The van der Waals surface area contributed by atoms with Crippen LogP contribution in [-0.4, -0.2) is 27.1 Å². The van der Waals surface area contributed by atoms with Crippen molar-refractivity contribution in [2.75, 3.05) is 7.11 Å². The molecule has 30 heavy (non-hydrogen) atoms. The first kappa shape index (κ1) is 20.0. The van der Waals surface area contributed by atoms with Crippen LogP contribution >= 0.6 is 11.8 Å². The molecule has 7 nitrogen and oxygen atoms in total. The Morgan fingerprint density at radius 1 is 1.07 bits per heavy atom. The van der Waals surface area contributed by atoms with Gasteiger partial charge < -0.3 is 9.84 Å². The summed E-state index contributed by atoms with van der Waals surface area (Å²) in [6.45, 7) is 0. The van der Waals surface area contributed by atoms with Crippen molar-refractivity contribution in [3.8, 4) is 11.6 Å². The van der Waals surface area contributed by atoms with Crippen LogP contribution < -0.4 is 16.0 Å². The van der Waals surface area contributed by atoms with Gasteiger partial charge in [0.05, 0.1) is 18.5 Å². The van der Waals surface area contributed by atoms with E-state index in [1.165, 1.54) is 14.1 Å². The van der Waals surface area contributed by atoms with Crippen molar-refractivity contribution in [3.63, 3.8) is 0 Å². The van der Waals surface area contributed by atoms with Crippen LogP contribution in [-0.2, 0) is 14.1 Å².